The molecule has 0 N–H and O–H groups in total. The molecule has 0 bridgehead atoms. The molecule has 0 saturated carbocycles. The minimum Gasteiger partial charge on any atom is -0.492 e. The molecule has 0 amide bonds. The Labute approximate surface area is 109 Å². The standard InChI is InChI=1S/C12H12ClNO2S/c1-3-16-11-5-4-8(6-9(11)13)10-7-17-12(14-10)15-2/h4-7H,3H2,1-2H3. The molecule has 1 heterocycles. The summed E-state index contributed by atoms with van der Waals surface area (Å²) in [5.41, 5.74) is 1.81. The zero-order valence-electron chi connectivity index (χ0n) is 9.57. The molecule has 0 radical (unpaired) electrons. The molecule has 90 valence electrons. The Bertz CT molecular complexity index is 513. The first-order valence-corrected chi connectivity index (χ1v) is 6.42. The van der Waals surface area contributed by atoms with Gasteiger partial charge in [-0.3, -0.25) is 0 Å². The third-order valence-electron chi connectivity index (χ3n) is 2.19. The second-order valence-electron chi connectivity index (χ2n) is 3.28. The number of hydrogen-bond acceptors (Lipinski definition) is 4. The van der Waals surface area contributed by atoms with Gasteiger partial charge in [-0.2, -0.15) is 0 Å². The molecule has 1 aromatic heterocycles. The van der Waals surface area contributed by atoms with Gasteiger partial charge in [0.1, 0.15) is 5.75 Å². The van der Waals surface area contributed by atoms with Crippen LogP contribution in [0, 0.1) is 0 Å². The van der Waals surface area contributed by atoms with Crippen molar-refractivity contribution in [2.75, 3.05) is 13.7 Å². The minimum atomic E-state index is 0.594. The maximum Gasteiger partial charge on any atom is 0.273 e. The molecule has 0 fully saturated rings. The highest BCUT2D eigenvalue weighted by atomic mass is 35.5. The maximum atomic E-state index is 6.12. The summed E-state index contributed by atoms with van der Waals surface area (Å²) in [6, 6.07) is 5.64. The van der Waals surface area contributed by atoms with Gasteiger partial charge in [-0.1, -0.05) is 22.9 Å². The zero-order chi connectivity index (χ0) is 12.3. The van der Waals surface area contributed by atoms with Crippen LogP contribution in [0.2, 0.25) is 5.02 Å². The number of methoxy groups -OCH3 is 1. The van der Waals surface area contributed by atoms with E-state index in [0.717, 1.165) is 11.3 Å². The van der Waals surface area contributed by atoms with Crippen molar-refractivity contribution in [3.8, 4) is 22.2 Å². The van der Waals surface area contributed by atoms with E-state index in [0.29, 0.717) is 22.6 Å². The molecule has 0 aliphatic rings. The fourth-order valence-electron chi connectivity index (χ4n) is 1.42. The van der Waals surface area contributed by atoms with E-state index in [1.807, 2.05) is 30.5 Å². The van der Waals surface area contributed by atoms with Crippen molar-refractivity contribution in [1.82, 2.24) is 4.98 Å². The smallest absolute Gasteiger partial charge is 0.273 e. The lowest BCUT2D eigenvalue weighted by molar-refractivity contribution is 0.340. The van der Waals surface area contributed by atoms with Crippen molar-refractivity contribution >= 4 is 22.9 Å². The normalized spacial score (nSPS) is 10.3. The highest BCUT2D eigenvalue weighted by molar-refractivity contribution is 7.11. The summed E-state index contributed by atoms with van der Waals surface area (Å²) in [6.07, 6.45) is 0. The van der Waals surface area contributed by atoms with E-state index in [4.69, 9.17) is 21.1 Å². The van der Waals surface area contributed by atoms with E-state index in [1.165, 1.54) is 11.3 Å². The summed E-state index contributed by atoms with van der Waals surface area (Å²) in [4.78, 5) is 4.31. The quantitative estimate of drug-likeness (QED) is 0.844. The SMILES string of the molecule is CCOc1ccc(-c2csc(OC)n2)cc1Cl. The fraction of sp³-hybridized carbons (Fsp3) is 0.250. The Hall–Kier alpha value is -1.26. The molecule has 2 aromatic rings. The summed E-state index contributed by atoms with van der Waals surface area (Å²) in [5.74, 6) is 0.695. The number of halogens is 1. The van der Waals surface area contributed by atoms with Crippen molar-refractivity contribution in [3.05, 3.63) is 28.6 Å². The van der Waals surface area contributed by atoms with E-state index >= 15 is 0 Å². The lowest BCUT2D eigenvalue weighted by atomic mass is 10.2. The Morgan fingerprint density at radius 2 is 2.24 bits per heavy atom. The van der Waals surface area contributed by atoms with Gasteiger partial charge in [-0.15, -0.1) is 0 Å². The van der Waals surface area contributed by atoms with Crippen LogP contribution in [0.1, 0.15) is 6.92 Å². The van der Waals surface area contributed by atoms with Crippen LogP contribution in [0.4, 0.5) is 0 Å². The van der Waals surface area contributed by atoms with E-state index in [-0.39, 0.29) is 0 Å². The van der Waals surface area contributed by atoms with Crippen molar-refractivity contribution in [3.63, 3.8) is 0 Å². The second-order valence-corrected chi connectivity index (χ2v) is 4.51. The largest absolute Gasteiger partial charge is 0.492 e. The van der Waals surface area contributed by atoms with Crippen molar-refractivity contribution in [2.24, 2.45) is 0 Å². The zero-order valence-corrected chi connectivity index (χ0v) is 11.1. The first kappa shape index (κ1) is 12.2. The third-order valence-corrected chi connectivity index (χ3v) is 3.28. The first-order chi connectivity index (χ1) is 8.24. The second kappa shape index (κ2) is 5.38. The van der Waals surface area contributed by atoms with Gasteiger partial charge in [-0.05, 0) is 25.1 Å². The average molecular weight is 270 g/mol. The maximum absolute atomic E-state index is 6.12. The molecular weight excluding hydrogens is 258 g/mol. The monoisotopic (exact) mass is 269 g/mol. The van der Waals surface area contributed by atoms with Crippen molar-refractivity contribution in [1.29, 1.82) is 0 Å². The molecule has 0 atom stereocenters. The Morgan fingerprint density at radius 3 is 2.82 bits per heavy atom. The predicted octanol–water partition coefficient (Wildman–Crippen LogP) is 3.87. The van der Waals surface area contributed by atoms with Crippen LogP contribution in [-0.4, -0.2) is 18.7 Å². The molecule has 3 nitrogen and oxygen atoms in total. The Kier molecular flexibility index (Phi) is 3.86. The van der Waals surface area contributed by atoms with Gasteiger partial charge in [0.2, 0.25) is 0 Å². The van der Waals surface area contributed by atoms with Crippen molar-refractivity contribution in [2.45, 2.75) is 6.92 Å². The molecule has 17 heavy (non-hydrogen) atoms. The van der Waals surface area contributed by atoms with E-state index in [9.17, 15) is 0 Å². The van der Waals surface area contributed by atoms with Crippen LogP contribution in [0.5, 0.6) is 10.9 Å². The van der Waals surface area contributed by atoms with Crippen LogP contribution in [0.3, 0.4) is 0 Å². The number of rotatable bonds is 4. The molecule has 0 saturated heterocycles. The summed E-state index contributed by atoms with van der Waals surface area (Å²) < 4.78 is 10.4. The minimum absolute atomic E-state index is 0.594. The highest BCUT2D eigenvalue weighted by Gasteiger charge is 2.08. The summed E-state index contributed by atoms with van der Waals surface area (Å²) >= 11 is 7.58. The lowest BCUT2D eigenvalue weighted by Gasteiger charge is -2.06. The first-order valence-electron chi connectivity index (χ1n) is 5.17. The predicted molar refractivity (Wildman–Crippen MR) is 70.3 cm³/mol. The van der Waals surface area contributed by atoms with Crippen LogP contribution in [-0.2, 0) is 0 Å². The molecule has 0 spiro atoms. The Morgan fingerprint density at radius 1 is 1.41 bits per heavy atom. The molecule has 1 aromatic carbocycles. The number of hydrogen-bond donors (Lipinski definition) is 0. The molecule has 5 heteroatoms. The van der Waals surface area contributed by atoms with Gasteiger partial charge in [0.05, 0.1) is 24.4 Å². The Balaban J connectivity index is 2.30. The number of aromatic nitrogens is 1. The van der Waals surface area contributed by atoms with Gasteiger partial charge in [0.15, 0.2) is 0 Å². The van der Waals surface area contributed by atoms with Crippen LogP contribution >= 0.6 is 22.9 Å². The molecule has 0 unspecified atom stereocenters. The van der Waals surface area contributed by atoms with Gasteiger partial charge in [0.25, 0.3) is 5.19 Å². The van der Waals surface area contributed by atoms with Gasteiger partial charge in [0, 0.05) is 10.9 Å². The van der Waals surface area contributed by atoms with Crippen LogP contribution in [0.25, 0.3) is 11.3 Å². The lowest BCUT2D eigenvalue weighted by Crippen LogP contribution is -1.92. The van der Waals surface area contributed by atoms with E-state index in [1.54, 1.807) is 7.11 Å². The molecule has 2 rings (SSSR count). The van der Waals surface area contributed by atoms with Gasteiger partial charge >= 0.3 is 0 Å². The molecular formula is C12H12ClNO2S. The number of benzene rings is 1. The number of ether oxygens (including phenoxy) is 2. The third kappa shape index (κ3) is 2.70. The highest BCUT2D eigenvalue weighted by Crippen LogP contribution is 2.32. The number of thiazole rings is 1. The molecule has 0 aliphatic carbocycles. The number of nitrogens with zero attached hydrogens (tertiary/aromatic N) is 1. The van der Waals surface area contributed by atoms with Crippen molar-refractivity contribution < 1.29 is 9.47 Å². The summed E-state index contributed by atoms with van der Waals surface area (Å²) in [5, 5.41) is 3.17. The van der Waals surface area contributed by atoms with Gasteiger partial charge < -0.3 is 9.47 Å². The van der Waals surface area contributed by atoms with Crippen LogP contribution in [0.15, 0.2) is 23.6 Å². The average Bonchev–Trinajstić information content (AvgIpc) is 2.80. The topological polar surface area (TPSA) is 31.4 Å². The molecule has 0 aliphatic heterocycles. The van der Waals surface area contributed by atoms with E-state index in [2.05, 4.69) is 4.98 Å². The fourth-order valence-corrected chi connectivity index (χ4v) is 2.30. The van der Waals surface area contributed by atoms with E-state index < -0.39 is 0 Å². The summed E-state index contributed by atoms with van der Waals surface area (Å²) in [6.45, 7) is 2.53. The van der Waals surface area contributed by atoms with Gasteiger partial charge in [-0.25, -0.2) is 4.98 Å². The summed E-state index contributed by atoms with van der Waals surface area (Å²) in [7, 11) is 1.60. The van der Waals surface area contributed by atoms with Crippen LogP contribution < -0.4 is 9.47 Å².